The van der Waals surface area contributed by atoms with Crippen molar-refractivity contribution in [3.05, 3.63) is 53.7 Å². The summed E-state index contributed by atoms with van der Waals surface area (Å²) < 4.78 is 49.2. The van der Waals surface area contributed by atoms with Crippen molar-refractivity contribution >= 4 is 17.7 Å². The van der Waals surface area contributed by atoms with E-state index in [0.29, 0.717) is 11.6 Å². The van der Waals surface area contributed by atoms with E-state index in [1.54, 1.807) is 26.2 Å². The van der Waals surface area contributed by atoms with Crippen molar-refractivity contribution in [2.75, 3.05) is 7.11 Å². The molecule has 0 saturated heterocycles. The zero-order chi connectivity index (χ0) is 29.4. The lowest BCUT2D eigenvalue weighted by atomic mass is 9.94. The molecule has 0 bridgehead atoms. The summed E-state index contributed by atoms with van der Waals surface area (Å²) in [6.07, 6.45) is 2.06. The molecule has 0 radical (unpaired) electrons. The number of thioether (sulfide) groups is 1. The summed E-state index contributed by atoms with van der Waals surface area (Å²) in [5.74, 6) is 11.0. The fourth-order valence-electron chi connectivity index (χ4n) is 3.73. The van der Waals surface area contributed by atoms with Crippen LogP contribution in [0.15, 0.2) is 36.7 Å². The summed E-state index contributed by atoms with van der Waals surface area (Å²) in [5.41, 5.74) is 2.79. The molecule has 214 valence electrons. The van der Waals surface area contributed by atoms with Gasteiger partial charge in [-0.1, -0.05) is 25.7 Å². The van der Waals surface area contributed by atoms with E-state index in [-0.39, 0.29) is 28.0 Å². The first-order valence-corrected chi connectivity index (χ1v) is 13.7. The smallest absolute Gasteiger partial charge is 0.280 e. The van der Waals surface area contributed by atoms with Crippen LogP contribution in [0.3, 0.4) is 0 Å². The molecule has 8 nitrogen and oxygen atoms in total. The molecule has 40 heavy (non-hydrogen) atoms. The van der Waals surface area contributed by atoms with Crippen LogP contribution >= 0.6 is 11.8 Å². The minimum Gasteiger partial charge on any atom is -0.494 e. The lowest BCUT2D eigenvalue weighted by Crippen LogP contribution is -2.37. The zero-order valence-corrected chi connectivity index (χ0v) is 23.8. The Labute approximate surface area is 236 Å². The second kappa shape index (κ2) is 14.2. The number of pyridine rings is 1. The van der Waals surface area contributed by atoms with Crippen LogP contribution in [0.1, 0.15) is 56.1 Å². The number of benzene rings is 1. The molecule has 0 spiro atoms. The highest BCUT2D eigenvalue weighted by molar-refractivity contribution is 8.00. The van der Waals surface area contributed by atoms with E-state index < -0.39 is 34.6 Å². The first-order chi connectivity index (χ1) is 19.2. The third kappa shape index (κ3) is 7.78. The van der Waals surface area contributed by atoms with Gasteiger partial charge in [-0.15, -0.1) is 11.8 Å². The van der Waals surface area contributed by atoms with Gasteiger partial charge in [0, 0.05) is 30.3 Å². The van der Waals surface area contributed by atoms with Crippen molar-refractivity contribution in [2.45, 2.75) is 50.8 Å². The maximum Gasteiger partial charge on any atom is 0.280 e. The molecule has 1 amide bonds. The highest BCUT2D eigenvalue weighted by Gasteiger charge is 2.25. The molecule has 1 aliphatic rings. The van der Waals surface area contributed by atoms with Gasteiger partial charge in [-0.3, -0.25) is 20.3 Å². The molecular weight excluding hydrogens is 541 g/mol. The fraction of sp³-hybridized carbons (Fsp3) is 0.393. The Kier molecular flexibility index (Phi) is 11.0. The number of carbonyl (C=O) groups is 1. The monoisotopic (exact) mass is 574 g/mol. The van der Waals surface area contributed by atoms with E-state index in [1.807, 2.05) is 13.8 Å². The summed E-state index contributed by atoms with van der Waals surface area (Å²) in [4.78, 5) is 17.2. The number of hydrogen-bond donors (Lipinski definition) is 3. The topological polar surface area (TPSA) is 107 Å². The first-order valence-electron chi connectivity index (χ1n) is 12.8. The molecule has 1 fully saturated rings. The number of halogens is 3. The van der Waals surface area contributed by atoms with E-state index in [0.717, 1.165) is 31.2 Å². The summed E-state index contributed by atoms with van der Waals surface area (Å²) in [6, 6.07) is 5.22. The number of amides is 1. The Balaban J connectivity index is 0.00000216. The fourth-order valence-corrected chi connectivity index (χ4v) is 4.53. The molecule has 2 aromatic heterocycles. The number of nitrogens with one attached hydrogen (secondary N) is 2. The van der Waals surface area contributed by atoms with Crippen LogP contribution in [-0.2, 0) is 7.05 Å². The zero-order valence-electron chi connectivity index (χ0n) is 23.0. The Morgan fingerprint density at radius 2 is 1.95 bits per heavy atom. The lowest BCUT2D eigenvalue weighted by Gasteiger charge is -2.20. The average molecular weight is 575 g/mol. The highest BCUT2D eigenvalue weighted by atomic mass is 32.2. The Bertz CT molecular complexity index is 1380. The van der Waals surface area contributed by atoms with Crippen molar-refractivity contribution in [3.8, 4) is 40.0 Å². The molecule has 1 aliphatic carbocycles. The van der Waals surface area contributed by atoms with Crippen LogP contribution in [0.4, 0.5) is 13.2 Å². The van der Waals surface area contributed by atoms with Gasteiger partial charge in [-0.05, 0) is 49.6 Å². The Morgan fingerprint density at radius 3 is 2.52 bits per heavy atom. The summed E-state index contributed by atoms with van der Waals surface area (Å²) in [6.45, 7) is 5.74. The second-order valence-corrected chi connectivity index (χ2v) is 10.2. The van der Waals surface area contributed by atoms with E-state index >= 15 is 4.39 Å². The molecule has 2 atom stereocenters. The van der Waals surface area contributed by atoms with E-state index in [2.05, 4.69) is 32.7 Å². The molecule has 4 rings (SSSR count). The van der Waals surface area contributed by atoms with Gasteiger partial charge in [0.05, 0.1) is 29.9 Å². The maximum absolute atomic E-state index is 15.3. The number of aromatic nitrogens is 3. The van der Waals surface area contributed by atoms with Crippen LogP contribution in [0.25, 0.3) is 22.4 Å². The number of hydrogen-bond acceptors (Lipinski definition) is 7. The molecular formula is C28H33F3N6O2S. The molecule has 3 aromatic rings. The van der Waals surface area contributed by atoms with Crippen LogP contribution in [0.5, 0.6) is 5.75 Å². The molecule has 1 saturated carbocycles. The highest BCUT2D eigenvalue weighted by Crippen LogP contribution is 2.38. The molecule has 4 N–H and O–H groups in total. The number of hydrazine groups is 1. The van der Waals surface area contributed by atoms with Gasteiger partial charge in [-0.2, -0.15) is 5.10 Å². The van der Waals surface area contributed by atoms with Gasteiger partial charge in [0.1, 0.15) is 22.6 Å². The number of rotatable bonds is 9. The van der Waals surface area contributed by atoms with Gasteiger partial charge in [0.2, 0.25) is 0 Å². The largest absolute Gasteiger partial charge is 0.494 e. The van der Waals surface area contributed by atoms with Crippen molar-refractivity contribution in [2.24, 2.45) is 18.8 Å². The van der Waals surface area contributed by atoms with E-state index in [9.17, 15) is 13.6 Å². The summed E-state index contributed by atoms with van der Waals surface area (Å²) in [7, 11) is 3.04. The van der Waals surface area contributed by atoms with E-state index in [1.165, 1.54) is 29.6 Å². The molecule has 1 aromatic carbocycles. The third-order valence-electron chi connectivity index (χ3n) is 5.79. The number of alkyl halides is 2. The van der Waals surface area contributed by atoms with Crippen LogP contribution in [0.2, 0.25) is 0 Å². The SMILES string of the molecule is CC.COc1cnc(C(F)F)cc1-c1cc(-c2ccn(C)n2)c(F)cc1C(=O)NC(C)SC(C#CC1CC1)NN. The lowest BCUT2D eigenvalue weighted by molar-refractivity contribution is 0.0952. The molecule has 2 unspecified atom stereocenters. The van der Waals surface area contributed by atoms with Crippen molar-refractivity contribution in [1.29, 1.82) is 0 Å². The number of nitrogens with zero attached hydrogens (tertiary/aromatic N) is 3. The normalized spacial score (nSPS) is 13.9. The summed E-state index contributed by atoms with van der Waals surface area (Å²) >= 11 is 1.28. The Morgan fingerprint density at radius 1 is 1.23 bits per heavy atom. The third-order valence-corrected chi connectivity index (χ3v) is 6.84. The number of carbonyl (C=O) groups excluding carboxylic acids is 1. The number of nitrogens with two attached hydrogens (primary N) is 1. The van der Waals surface area contributed by atoms with Gasteiger partial charge in [0.25, 0.3) is 12.3 Å². The van der Waals surface area contributed by atoms with Gasteiger partial charge in [-0.25, -0.2) is 18.6 Å². The predicted molar refractivity (Wildman–Crippen MR) is 151 cm³/mol. The maximum atomic E-state index is 15.3. The molecule has 12 heteroatoms. The minimum absolute atomic E-state index is 0.0688. The number of methoxy groups -OCH3 is 1. The second-order valence-electron chi connectivity index (χ2n) is 8.72. The summed E-state index contributed by atoms with van der Waals surface area (Å²) in [5, 5.41) is 6.15. The van der Waals surface area contributed by atoms with Crippen molar-refractivity contribution < 1.29 is 22.7 Å². The van der Waals surface area contributed by atoms with Crippen molar-refractivity contribution in [1.82, 2.24) is 25.5 Å². The predicted octanol–water partition coefficient (Wildman–Crippen LogP) is 5.27. The van der Waals surface area contributed by atoms with Gasteiger partial charge < -0.3 is 10.1 Å². The quantitative estimate of drug-likeness (QED) is 0.138. The number of ether oxygens (including phenoxy) is 1. The molecule has 0 aliphatic heterocycles. The molecule has 2 heterocycles. The average Bonchev–Trinajstić information content (AvgIpc) is 3.69. The van der Waals surface area contributed by atoms with E-state index in [4.69, 9.17) is 10.6 Å². The first kappa shape index (κ1) is 31.0. The van der Waals surface area contributed by atoms with Crippen LogP contribution < -0.4 is 21.3 Å². The standard InChI is InChI=1S/C26H27F3N6O2S.C2H6/c1-14(38-24(33-30)7-6-15-4-5-15)32-26(36)18-11-20(27)19(21-8-9-35(2)34-21)10-16(18)17-12-22(25(28)29)31-13-23(17)37-3;1-2/h8-15,24-25,33H,4-5,30H2,1-3H3,(H,32,36);1-2H3. The minimum atomic E-state index is -2.86. The number of aryl methyl sites for hydroxylation is 1. The van der Waals surface area contributed by atoms with Gasteiger partial charge in [0.15, 0.2) is 0 Å². The van der Waals surface area contributed by atoms with Gasteiger partial charge >= 0.3 is 0 Å². The van der Waals surface area contributed by atoms with Crippen LogP contribution in [-0.4, -0.2) is 38.5 Å². The Hall–Kier alpha value is -3.53. The van der Waals surface area contributed by atoms with Crippen molar-refractivity contribution in [3.63, 3.8) is 0 Å². The van der Waals surface area contributed by atoms with Crippen LogP contribution in [0, 0.1) is 23.6 Å².